The van der Waals surface area contributed by atoms with Gasteiger partial charge in [-0.1, -0.05) is 12.8 Å². The van der Waals surface area contributed by atoms with Crippen molar-refractivity contribution < 1.29 is 9.53 Å². The van der Waals surface area contributed by atoms with Crippen molar-refractivity contribution in [1.82, 2.24) is 20.4 Å². The van der Waals surface area contributed by atoms with Gasteiger partial charge >= 0.3 is 0 Å². The Bertz CT molecular complexity index is 402. The molecule has 0 unspecified atom stereocenters. The molecule has 2 N–H and O–H groups in total. The Hall–Kier alpha value is -1.34. The average molecular weight is 339 g/mol. The van der Waals surface area contributed by atoms with Crippen LogP contribution in [0.4, 0.5) is 0 Å². The number of nitrogens with one attached hydrogen (secondary N) is 2. The number of ether oxygens (including phenoxy) is 1. The van der Waals surface area contributed by atoms with Crippen molar-refractivity contribution in [2.75, 3.05) is 60.0 Å². The molecule has 0 radical (unpaired) electrons. The Morgan fingerprint density at radius 2 is 1.96 bits per heavy atom. The van der Waals surface area contributed by atoms with Gasteiger partial charge in [-0.05, 0) is 25.8 Å². The van der Waals surface area contributed by atoms with Gasteiger partial charge in [-0.15, -0.1) is 0 Å². The lowest BCUT2D eigenvalue weighted by atomic mass is 10.2. The molecular formula is C17H33N5O2. The third kappa shape index (κ3) is 7.05. The number of hydrogen-bond acceptors (Lipinski definition) is 4. The van der Waals surface area contributed by atoms with E-state index in [9.17, 15) is 4.79 Å². The molecule has 1 saturated carbocycles. The summed E-state index contributed by atoms with van der Waals surface area (Å²) in [6.07, 6.45) is 6.00. The van der Waals surface area contributed by atoms with Gasteiger partial charge in [-0.3, -0.25) is 9.69 Å². The molecule has 138 valence electrons. The van der Waals surface area contributed by atoms with Crippen LogP contribution >= 0.6 is 0 Å². The molecule has 2 fully saturated rings. The monoisotopic (exact) mass is 339 g/mol. The second-order valence-electron chi connectivity index (χ2n) is 6.81. The minimum Gasteiger partial charge on any atom is -0.379 e. The minimum absolute atomic E-state index is 0.0239. The largest absolute Gasteiger partial charge is 0.379 e. The van der Waals surface area contributed by atoms with Gasteiger partial charge in [0, 0.05) is 39.8 Å². The molecule has 0 bridgehead atoms. The van der Waals surface area contributed by atoms with E-state index < -0.39 is 0 Å². The van der Waals surface area contributed by atoms with Crippen molar-refractivity contribution in [3.05, 3.63) is 0 Å². The molecule has 2 aliphatic rings. The maximum Gasteiger partial charge on any atom is 0.243 e. The van der Waals surface area contributed by atoms with Gasteiger partial charge in [0.25, 0.3) is 0 Å². The van der Waals surface area contributed by atoms with Gasteiger partial charge in [-0.2, -0.15) is 0 Å². The predicted octanol–water partition coefficient (Wildman–Crippen LogP) is 0.275. The summed E-state index contributed by atoms with van der Waals surface area (Å²) < 4.78 is 5.37. The molecule has 1 heterocycles. The van der Waals surface area contributed by atoms with Gasteiger partial charge in [0.15, 0.2) is 5.96 Å². The number of guanidine groups is 1. The van der Waals surface area contributed by atoms with E-state index in [-0.39, 0.29) is 12.5 Å². The number of rotatable bonds is 7. The van der Waals surface area contributed by atoms with Gasteiger partial charge < -0.3 is 20.3 Å². The highest BCUT2D eigenvalue weighted by atomic mass is 16.5. The Morgan fingerprint density at radius 3 is 2.62 bits per heavy atom. The third-order valence-corrected chi connectivity index (χ3v) is 4.61. The molecule has 0 spiro atoms. The zero-order valence-electron chi connectivity index (χ0n) is 15.2. The second-order valence-corrected chi connectivity index (χ2v) is 6.81. The van der Waals surface area contributed by atoms with Crippen molar-refractivity contribution >= 4 is 11.9 Å². The lowest BCUT2D eigenvalue weighted by Crippen LogP contribution is -2.44. The van der Waals surface area contributed by atoms with Gasteiger partial charge in [0.2, 0.25) is 5.91 Å². The van der Waals surface area contributed by atoms with Crippen LogP contribution in [0.2, 0.25) is 0 Å². The standard InChI is InChI=1S/C17H33N5O2/c1-21(2)16(23)14-19-17(20-15-6-3-4-7-15)18-8-5-9-22-10-12-24-13-11-22/h15H,3-14H2,1-2H3,(H2,18,19,20). The zero-order valence-corrected chi connectivity index (χ0v) is 15.2. The van der Waals surface area contributed by atoms with Crippen LogP contribution in [-0.2, 0) is 9.53 Å². The second kappa shape index (κ2) is 10.5. The fourth-order valence-corrected chi connectivity index (χ4v) is 3.04. The molecule has 1 aliphatic heterocycles. The van der Waals surface area contributed by atoms with Crippen molar-refractivity contribution in [2.24, 2.45) is 4.99 Å². The Labute approximate surface area is 145 Å². The number of amides is 1. The molecule has 0 aromatic carbocycles. The number of aliphatic imine (C=N–C) groups is 1. The van der Waals surface area contributed by atoms with E-state index in [1.54, 1.807) is 19.0 Å². The first kappa shape index (κ1) is 19.0. The number of morpholine rings is 1. The van der Waals surface area contributed by atoms with Crippen LogP contribution < -0.4 is 10.6 Å². The molecule has 0 aromatic rings. The fraction of sp³-hybridized carbons (Fsp3) is 0.882. The molecule has 0 aromatic heterocycles. The zero-order chi connectivity index (χ0) is 17.2. The molecular weight excluding hydrogens is 306 g/mol. The van der Waals surface area contributed by atoms with Crippen LogP contribution in [-0.4, -0.2) is 87.7 Å². The summed E-state index contributed by atoms with van der Waals surface area (Å²) in [4.78, 5) is 20.2. The minimum atomic E-state index is 0.0239. The molecule has 7 nitrogen and oxygen atoms in total. The van der Waals surface area contributed by atoms with Crippen LogP contribution in [0.15, 0.2) is 4.99 Å². The average Bonchev–Trinajstić information content (AvgIpc) is 3.09. The van der Waals surface area contributed by atoms with Crippen molar-refractivity contribution in [3.8, 4) is 0 Å². The highest BCUT2D eigenvalue weighted by Crippen LogP contribution is 2.17. The van der Waals surface area contributed by atoms with Crippen molar-refractivity contribution in [3.63, 3.8) is 0 Å². The van der Waals surface area contributed by atoms with Crippen LogP contribution in [0.1, 0.15) is 32.1 Å². The van der Waals surface area contributed by atoms with Crippen LogP contribution in [0, 0.1) is 0 Å². The number of nitrogens with zero attached hydrogens (tertiary/aromatic N) is 3. The lowest BCUT2D eigenvalue weighted by Gasteiger charge is -2.26. The quantitative estimate of drug-likeness (QED) is 0.396. The van der Waals surface area contributed by atoms with E-state index in [0.29, 0.717) is 6.04 Å². The first-order valence-corrected chi connectivity index (χ1v) is 9.20. The van der Waals surface area contributed by atoms with Crippen LogP contribution in [0.3, 0.4) is 0 Å². The van der Waals surface area contributed by atoms with Gasteiger partial charge in [-0.25, -0.2) is 4.99 Å². The summed E-state index contributed by atoms with van der Waals surface area (Å²) >= 11 is 0. The number of carbonyl (C=O) groups is 1. The van der Waals surface area contributed by atoms with E-state index >= 15 is 0 Å². The number of carbonyl (C=O) groups excluding carboxylic acids is 1. The van der Waals surface area contributed by atoms with Crippen molar-refractivity contribution in [1.29, 1.82) is 0 Å². The first-order chi connectivity index (χ1) is 11.6. The van der Waals surface area contributed by atoms with Crippen molar-refractivity contribution in [2.45, 2.75) is 38.1 Å². The van der Waals surface area contributed by atoms with Gasteiger partial charge in [0.05, 0.1) is 13.2 Å². The Kier molecular flexibility index (Phi) is 8.32. The van der Waals surface area contributed by atoms with E-state index in [1.807, 2.05) is 0 Å². The van der Waals surface area contributed by atoms with E-state index in [0.717, 1.165) is 51.8 Å². The maximum absolute atomic E-state index is 11.8. The third-order valence-electron chi connectivity index (χ3n) is 4.61. The molecule has 1 aliphatic carbocycles. The molecule has 7 heteroatoms. The smallest absolute Gasteiger partial charge is 0.243 e. The summed E-state index contributed by atoms with van der Waals surface area (Å²) in [6.45, 7) is 5.87. The highest BCUT2D eigenvalue weighted by molar-refractivity contribution is 5.84. The first-order valence-electron chi connectivity index (χ1n) is 9.20. The Balaban J connectivity index is 1.73. The fourth-order valence-electron chi connectivity index (χ4n) is 3.04. The predicted molar refractivity (Wildman–Crippen MR) is 96.3 cm³/mol. The maximum atomic E-state index is 11.8. The highest BCUT2D eigenvalue weighted by Gasteiger charge is 2.16. The molecule has 0 atom stereocenters. The number of likely N-dealkylation sites (N-methyl/N-ethyl adjacent to an activating group) is 1. The normalized spacial score (nSPS) is 20.2. The summed E-state index contributed by atoms with van der Waals surface area (Å²) in [7, 11) is 3.52. The summed E-state index contributed by atoms with van der Waals surface area (Å²) in [5.74, 6) is 0.801. The molecule has 1 saturated heterocycles. The van der Waals surface area contributed by atoms with Crippen LogP contribution in [0.25, 0.3) is 0 Å². The molecule has 2 rings (SSSR count). The van der Waals surface area contributed by atoms with E-state index in [2.05, 4.69) is 20.5 Å². The topological polar surface area (TPSA) is 69.2 Å². The summed E-state index contributed by atoms with van der Waals surface area (Å²) in [5, 5.41) is 6.87. The van der Waals surface area contributed by atoms with Gasteiger partial charge in [0.1, 0.15) is 6.54 Å². The summed E-state index contributed by atoms with van der Waals surface area (Å²) in [6, 6.07) is 0.491. The van der Waals surface area contributed by atoms with E-state index in [1.165, 1.54) is 25.7 Å². The Morgan fingerprint density at radius 1 is 1.25 bits per heavy atom. The molecule has 24 heavy (non-hydrogen) atoms. The lowest BCUT2D eigenvalue weighted by molar-refractivity contribution is -0.127. The SMILES string of the molecule is CN(C)C(=O)CN=C(NCCCN1CCOCC1)NC1CCCC1. The summed E-state index contributed by atoms with van der Waals surface area (Å²) in [5.41, 5.74) is 0. The van der Waals surface area contributed by atoms with E-state index in [4.69, 9.17) is 4.74 Å². The molecule has 1 amide bonds. The van der Waals surface area contributed by atoms with Crippen LogP contribution in [0.5, 0.6) is 0 Å². The number of hydrogen-bond donors (Lipinski definition) is 2.